The number of allylic oxidation sites excluding steroid dienone is 14. The van der Waals surface area contributed by atoms with Gasteiger partial charge in [0, 0.05) is 89.6 Å². The molecule has 0 spiro atoms. The highest BCUT2D eigenvalue weighted by molar-refractivity contribution is 7.87. The van der Waals surface area contributed by atoms with Crippen LogP contribution in [-0.4, -0.2) is 28.7 Å². The molecule has 6 heterocycles. The van der Waals surface area contributed by atoms with Gasteiger partial charge in [-0.1, -0.05) is 336 Å². The predicted molar refractivity (Wildman–Crippen MR) is 530 cm³/mol. The summed E-state index contributed by atoms with van der Waals surface area (Å²) in [5, 5.41) is 20.5. The van der Waals surface area contributed by atoms with Crippen molar-refractivity contribution in [2.45, 2.75) is 46.5 Å². The minimum atomic E-state index is -3.22. The Balaban J connectivity index is 0.000000101. The molecular weight excluding hydrogens is 1610 g/mol. The van der Waals surface area contributed by atoms with Gasteiger partial charge in [0.15, 0.2) is 21.4 Å². The van der Waals surface area contributed by atoms with Crippen molar-refractivity contribution in [1.82, 2.24) is 28.7 Å². The van der Waals surface area contributed by atoms with Gasteiger partial charge in [-0.05, 0) is 182 Å². The quantitative estimate of drug-likeness (QED) is 0.0810. The van der Waals surface area contributed by atoms with E-state index in [9.17, 15) is 0 Å². The van der Waals surface area contributed by atoms with Crippen molar-refractivity contribution in [2.24, 2.45) is 5.92 Å². The molecule has 3 aliphatic heterocycles. The Morgan fingerprint density at radius 3 is 1.22 bits per heavy atom. The molecule has 20 aromatic rings. The van der Waals surface area contributed by atoms with Crippen LogP contribution in [0.1, 0.15) is 50.2 Å². The van der Waals surface area contributed by atoms with E-state index in [-0.39, 0.29) is 5.92 Å². The van der Waals surface area contributed by atoms with Gasteiger partial charge in [0.25, 0.3) is 0 Å². The summed E-state index contributed by atoms with van der Waals surface area (Å²) < 4.78 is 54.0. The summed E-state index contributed by atoms with van der Waals surface area (Å²) >= 11 is 0. The summed E-state index contributed by atoms with van der Waals surface area (Å²) in [6.45, 7) is 6.46. The van der Waals surface area contributed by atoms with Crippen molar-refractivity contribution >= 4 is 162 Å². The second-order valence-corrected chi connectivity index (χ2v) is 42.4. The first kappa shape index (κ1) is 74.0. The highest BCUT2D eigenvalue weighted by Gasteiger charge is 2.46. The fourth-order valence-corrected chi connectivity index (χ4v) is 31.9. The van der Waals surface area contributed by atoms with Crippen LogP contribution in [0.2, 0.25) is 0 Å². The van der Waals surface area contributed by atoms with E-state index in [0.717, 1.165) is 169 Å². The van der Waals surface area contributed by atoms with E-state index >= 15 is 13.7 Å². The Bertz CT molecular complexity index is 8650. The third kappa shape index (κ3) is 10.1. The Hall–Kier alpha value is -14.4. The third-order valence-electron chi connectivity index (χ3n) is 28.1. The van der Waals surface area contributed by atoms with Crippen LogP contribution in [-0.2, 0) is 33.0 Å². The van der Waals surface area contributed by atoms with Crippen LogP contribution in [0.3, 0.4) is 0 Å². The summed E-state index contributed by atoms with van der Waals surface area (Å²) in [6, 6.07) is 112. The number of aryl methyl sites for hydroxylation is 3. The number of hydrogen-bond acceptors (Lipinski definition) is 6. The van der Waals surface area contributed by atoms with E-state index in [2.05, 4.69) is 277 Å². The number of imidazole rings is 3. The van der Waals surface area contributed by atoms with Crippen molar-refractivity contribution in [3.05, 3.63) is 421 Å². The lowest BCUT2D eigenvalue weighted by Gasteiger charge is -2.38. The molecule has 602 valence electrons. The molecule has 17 aromatic carbocycles. The fraction of sp³-hybridized carbons (Fsp3) is 0.0696. The summed E-state index contributed by atoms with van der Waals surface area (Å²) in [5.41, 5.74) is 27.3. The smallest absolute Gasteiger partial charge is 0.175 e. The Morgan fingerprint density at radius 2 is 0.709 bits per heavy atom. The molecule has 4 atom stereocenters. The summed E-state index contributed by atoms with van der Waals surface area (Å²) in [5.74, 6) is 3.19. The monoisotopic (exact) mass is 1680 g/mol. The SMILES string of the molecule is CCc1nc2cccc3c2n1-c1c(-c2ccc4c5c(cccc25)-c2ccccc2-4)cccc1P3(=O)c1ccccc1.CCc1nc2cccc3c2n1-c1c(-c2ccc4c5cccc6cccc(c7cccc2c74)c65)cccc1P3(=O)c1ccccc1.CCc1nc2cccc3c2n1-c1c(C2=C4C=CC=C5C=CC6=C(C(=C2)CC=C6)C54)cccc1P3(=O)c1ccccc1. The Kier molecular flexibility index (Phi) is 16.2. The maximum atomic E-state index is 15.8. The normalized spacial score (nSPS) is 18.3. The van der Waals surface area contributed by atoms with E-state index < -0.39 is 21.4 Å². The number of aromatic nitrogens is 6. The second-order valence-electron chi connectivity index (χ2n) is 34.3. The molecule has 8 aliphatic rings. The minimum Gasteiger partial charge on any atom is -0.308 e. The molecule has 127 heavy (non-hydrogen) atoms. The van der Waals surface area contributed by atoms with Gasteiger partial charge < -0.3 is 13.7 Å². The van der Waals surface area contributed by atoms with E-state index in [1.807, 2.05) is 127 Å². The van der Waals surface area contributed by atoms with E-state index in [4.69, 9.17) is 15.0 Å². The highest BCUT2D eigenvalue weighted by atomic mass is 31.2. The largest absolute Gasteiger partial charge is 0.308 e. The van der Waals surface area contributed by atoms with E-state index in [0.29, 0.717) is 0 Å². The number of rotatable bonds is 9. The highest BCUT2D eigenvalue weighted by Crippen LogP contribution is 2.59. The van der Waals surface area contributed by atoms with Crippen molar-refractivity contribution in [3.8, 4) is 61.6 Å². The summed E-state index contributed by atoms with van der Waals surface area (Å²) in [7, 11) is -9.58. The van der Waals surface area contributed by atoms with Gasteiger partial charge in [-0.15, -0.1) is 0 Å². The molecule has 5 aliphatic carbocycles. The Morgan fingerprint density at radius 1 is 0.323 bits per heavy atom. The van der Waals surface area contributed by atoms with Crippen molar-refractivity contribution < 1.29 is 13.7 Å². The standard InChI is InChI=1S/C41H27N2OP.C37H27N2OP.C37H25N2OP/c1-2-37-42-34-20-10-22-36-41(34)43(37)40-33(19-9-21-35(40)45(36,44)26-13-4-3-5-14-26)27-23-24-32-30-16-7-12-25-11-6-15-29(38(25)30)31-18-8-17-28(27)39(31)32;1-2-33-38-30-17-9-19-32-37(30)39(33)36-28(16-8-18-31(36)41(32,40)26-13-4-3-5-14-26)29-22-25-12-6-10-23-20-21-24-11-7-15-27(29)35(24)34(23)25;1-2-34-38-31-18-10-20-33-37(31)39(34)36-30(17-9-19-32(36)41(33,40)23-11-4-3-5-12-23)26-21-22-29-25-14-7-6-13-24(25)27-15-8-16-28(26)35(27)29/h3-24H,2H2,1H3;3-11,13-22,35H,2,12H2,1H3;3-22H,2H2,1H3. The predicted octanol–water partition coefficient (Wildman–Crippen LogP) is 24.4. The number of hydrogen-bond donors (Lipinski definition) is 0. The summed E-state index contributed by atoms with van der Waals surface area (Å²) in [4.78, 5) is 15.2. The molecule has 12 heteroatoms. The molecule has 4 unspecified atom stereocenters. The molecular formula is C115H79N6O3P3. The maximum absolute atomic E-state index is 15.8. The minimum absolute atomic E-state index is 0.223. The average molecular weight is 1690 g/mol. The van der Waals surface area contributed by atoms with E-state index in [1.54, 1.807) is 0 Å². The van der Waals surface area contributed by atoms with Crippen LogP contribution in [0.5, 0.6) is 0 Å². The van der Waals surface area contributed by atoms with Gasteiger partial charge in [-0.3, -0.25) is 13.7 Å². The van der Waals surface area contributed by atoms with Crippen LogP contribution < -0.4 is 47.7 Å². The van der Waals surface area contributed by atoms with Gasteiger partial charge >= 0.3 is 0 Å². The molecule has 0 amide bonds. The molecule has 0 saturated heterocycles. The molecule has 0 radical (unpaired) electrons. The lowest BCUT2D eigenvalue weighted by molar-refractivity contribution is 0.591. The van der Waals surface area contributed by atoms with Gasteiger partial charge in [-0.25, -0.2) is 15.0 Å². The number of nitrogens with zero attached hydrogens (tertiary/aromatic N) is 6. The molecule has 3 aromatic heterocycles. The van der Waals surface area contributed by atoms with Crippen LogP contribution in [0.4, 0.5) is 0 Å². The first-order chi connectivity index (χ1) is 62.6. The summed E-state index contributed by atoms with van der Waals surface area (Å²) in [6.07, 6.45) is 21.5. The molecule has 0 N–H and O–H groups in total. The van der Waals surface area contributed by atoms with Crippen molar-refractivity contribution in [3.63, 3.8) is 0 Å². The first-order valence-electron chi connectivity index (χ1n) is 44.1. The molecule has 9 nitrogen and oxygen atoms in total. The lowest BCUT2D eigenvalue weighted by atomic mass is 9.66. The van der Waals surface area contributed by atoms with Gasteiger partial charge in [0.1, 0.15) is 17.5 Å². The number of fused-ring (bicyclic) bond motifs is 11. The van der Waals surface area contributed by atoms with Crippen LogP contribution in [0.15, 0.2) is 398 Å². The Labute approximate surface area is 733 Å². The van der Waals surface area contributed by atoms with Crippen molar-refractivity contribution in [2.75, 3.05) is 0 Å². The second kappa shape index (κ2) is 27.8. The number of para-hydroxylation sites is 6. The van der Waals surface area contributed by atoms with Gasteiger partial charge in [-0.2, -0.15) is 0 Å². The van der Waals surface area contributed by atoms with Crippen LogP contribution in [0.25, 0.3) is 154 Å². The number of benzene rings is 17. The molecule has 0 bridgehead atoms. The molecule has 0 fully saturated rings. The molecule has 28 rings (SSSR count). The first-order valence-corrected chi connectivity index (χ1v) is 49.3. The van der Waals surface area contributed by atoms with Crippen LogP contribution >= 0.6 is 21.4 Å². The topological polar surface area (TPSA) is 105 Å². The van der Waals surface area contributed by atoms with Crippen molar-refractivity contribution in [1.29, 1.82) is 0 Å². The zero-order valence-electron chi connectivity index (χ0n) is 69.9. The molecule has 0 saturated carbocycles. The van der Waals surface area contributed by atoms with Crippen LogP contribution in [0, 0.1) is 5.92 Å². The van der Waals surface area contributed by atoms with Gasteiger partial charge in [0.2, 0.25) is 0 Å². The average Bonchev–Trinajstić information content (AvgIpc) is 1.47. The fourth-order valence-electron chi connectivity index (χ4n) is 22.8. The van der Waals surface area contributed by atoms with Gasteiger partial charge in [0.05, 0.1) is 50.2 Å². The lowest BCUT2D eigenvalue weighted by Crippen LogP contribution is -2.34. The zero-order valence-corrected chi connectivity index (χ0v) is 72.6. The van der Waals surface area contributed by atoms with E-state index in [1.165, 1.54) is 110 Å². The zero-order chi connectivity index (χ0) is 84.5. The maximum Gasteiger partial charge on any atom is 0.175 e. The third-order valence-corrected chi connectivity index (χ3v) is 37.4.